The van der Waals surface area contributed by atoms with Crippen LogP contribution < -0.4 is 11.1 Å². The van der Waals surface area contributed by atoms with Gasteiger partial charge < -0.3 is 30.7 Å². The summed E-state index contributed by atoms with van der Waals surface area (Å²) >= 11 is 0. The number of carboxylic acids is 2. The minimum atomic E-state index is -1.82. The van der Waals surface area contributed by atoms with E-state index in [2.05, 4.69) is 5.32 Å². The second kappa shape index (κ2) is 12.8. The molecule has 160 valence electrons. The summed E-state index contributed by atoms with van der Waals surface area (Å²) in [5, 5.41) is 17.6. The monoisotopic (exact) mass is 402 g/mol. The van der Waals surface area contributed by atoms with Crippen LogP contribution >= 0.6 is 0 Å². The van der Waals surface area contributed by atoms with Gasteiger partial charge in [0.2, 0.25) is 5.91 Å². The van der Waals surface area contributed by atoms with E-state index in [0.717, 1.165) is 12.8 Å². The van der Waals surface area contributed by atoms with E-state index in [4.69, 9.17) is 35.0 Å². The van der Waals surface area contributed by atoms with E-state index >= 15 is 0 Å². The topological polar surface area (TPSA) is 165 Å². The number of amides is 1. The fourth-order valence-corrected chi connectivity index (χ4v) is 2.62. The number of ether oxygens (including phenoxy) is 2. The Morgan fingerprint density at radius 2 is 1.71 bits per heavy atom. The molecule has 0 heterocycles. The predicted molar refractivity (Wildman–Crippen MR) is 99.4 cm³/mol. The number of nitrogens with one attached hydrogen (secondary N) is 1. The van der Waals surface area contributed by atoms with E-state index in [-0.39, 0.29) is 30.1 Å². The van der Waals surface area contributed by atoms with E-state index in [1.165, 1.54) is 6.92 Å². The average molecular weight is 402 g/mol. The van der Waals surface area contributed by atoms with Crippen LogP contribution in [0.4, 0.5) is 0 Å². The summed E-state index contributed by atoms with van der Waals surface area (Å²) in [6.45, 7) is 7.62. The first-order chi connectivity index (χ1) is 13.1. The first-order valence-electron chi connectivity index (χ1n) is 9.09. The Kier molecular flexibility index (Phi) is 11.7. The minimum Gasteiger partial charge on any atom is -0.473 e. The highest BCUT2D eigenvalue weighted by molar-refractivity contribution is 6.27. The first kappa shape index (κ1) is 25.5. The molecule has 1 rings (SSSR count). The van der Waals surface area contributed by atoms with Gasteiger partial charge in [-0.25, -0.2) is 14.4 Å². The Bertz CT molecular complexity index is 574. The van der Waals surface area contributed by atoms with Crippen LogP contribution in [0.1, 0.15) is 47.0 Å². The zero-order valence-corrected chi connectivity index (χ0v) is 16.6. The molecule has 0 saturated carbocycles. The number of hydrogen-bond donors (Lipinski definition) is 4. The summed E-state index contributed by atoms with van der Waals surface area (Å²) in [6, 6.07) is -0.719. The van der Waals surface area contributed by atoms with E-state index < -0.39 is 18.0 Å². The highest BCUT2D eigenvalue weighted by Crippen LogP contribution is 2.24. The van der Waals surface area contributed by atoms with Crippen molar-refractivity contribution >= 4 is 23.8 Å². The fraction of sp³-hybridized carbons (Fsp3) is 0.667. The van der Waals surface area contributed by atoms with Gasteiger partial charge >= 0.3 is 17.9 Å². The molecule has 0 radical (unpaired) electrons. The van der Waals surface area contributed by atoms with Crippen LogP contribution in [0, 0.1) is 0 Å². The molecule has 0 spiro atoms. The van der Waals surface area contributed by atoms with Crippen LogP contribution in [0.2, 0.25) is 0 Å². The Hall–Kier alpha value is -2.46. The Morgan fingerprint density at radius 1 is 1.18 bits per heavy atom. The Labute approximate surface area is 164 Å². The van der Waals surface area contributed by atoms with Crippen LogP contribution in [0.15, 0.2) is 11.6 Å². The van der Waals surface area contributed by atoms with Crippen molar-refractivity contribution in [3.8, 4) is 0 Å². The van der Waals surface area contributed by atoms with Crippen molar-refractivity contribution in [2.75, 3.05) is 6.61 Å². The lowest BCUT2D eigenvalue weighted by Gasteiger charge is -2.36. The molecule has 0 aromatic rings. The maximum atomic E-state index is 12.0. The second-order valence-electron chi connectivity index (χ2n) is 6.16. The molecule has 1 aliphatic carbocycles. The second-order valence-corrected chi connectivity index (χ2v) is 6.16. The van der Waals surface area contributed by atoms with Crippen LogP contribution in [0.3, 0.4) is 0 Å². The van der Waals surface area contributed by atoms with E-state index in [9.17, 15) is 9.59 Å². The SMILES string of the molecule is CCOC(=O)C1=C[C@@H](OC(CC)CC)[C@H](NC(C)=O)[C@@H](N)C1.O=C(O)C(=O)O. The fourth-order valence-electron chi connectivity index (χ4n) is 2.62. The highest BCUT2D eigenvalue weighted by Gasteiger charge is 2.35. The molecule has 3 atom stereocenters. The third kappa shape index (κ3) is 8.96. The van der Waals surface area contributed by atoms with Gasteiger partial charge in [0, 0.05) is 18.5 Å². The first-order valence-corrected chi connectivity index (χ1v) is 9.09. The van der Waals surface area contributed by atoms with Gasteiger partial charge in [0.1, 0.15) is 0 Å². The zero-order chi connectivity index (χ0) is 21.9. The number of carbonyl (C=O) groups is 4. The van der Waals surface area contributed by atoms with Gasteiger partial charge in [-0.2, -0.15) is 0 Å². The van der Waals surface area contributed by atoms with Crippen molar-refractivity contribution in [1.29, 1.82) is 0 Å². The summed E-state index contributed by atoms with van der Waals surface area (Å²) in [5.74, 6) is -4.17. The molecule has 0 aromatic carbocycles. The largest absolute Gasteiger partial charge is 0.473 e. The number of hydrogen-bond acceptors (Lipinski definition) is 7. The summed E-state index contributed by atoms with van der Waals surface area (Å²) in [5.41, 5.74) is 6.68. The van der Waals surface area contributed by atoms with Gasteiger partial charge in [-0.05, 0) is 32.3 Å². The van der Waals surface area contributed by atoms with Gasteiger partial charge in [0.15, 0.2) is 0 Å². The van der Waals surface area contributed by atoms with Gasteiger partial charge in [-0.1, -0.05) is 13.8 Å². The lowest BCUT2D eigenvalue weighted by molar-refractivity contribution is -0.159. The molecule has 0 saturated heterocycles. The van der Waals surface area contributed by atoms with Crippen molar-refractivity contribution in [3.63, 3.8) is 0 Å². The van der Waals surface area contributed by atoms with Gasteiger partial charge in [0.05, 0.1) is 24.9 Å². The number of carbonyl (C=O) groups excluding carboxylic acids is 2. The number of aliphatic carboxylic acids is 2. The Balaban J connectivity index is 0.00000105. The quantitative estimate of drug-likeness (QED) is 0.349. The predicted octanol–water partition coefficient (Wildman–Crippen LogP) is 0.441. The van der Waals surface area contributed by atoms with Crippen LogP contribution in [-0.2, 0) is 28.7 Å². The van der Waals surface area contributed by atoms with Crippen LogP contribution in [0.5, 0.6) is 0 Å². The summed E-state index contributed by atoms with van der Waals surface area (Å²) in [6.07, 6.45) is 3.48. The molecule has 0 fully saturated rings. The lowest BCUT2D eigenvalue weighted by atomic mass is 9.88. The van der Waals surface area contributed by atoms with Gasteiger partial charge in [0.25, 0.3) is 0 Å². The maximum Gasteiger partial charge on any atom is 0.414 e. The average Bonchev–Trinajstić information content (AvgIpc) is 2.62. The molecule has 1 amide bonds. The molecule has 0 aliphatic heterocycles. The molecule has 28 heavy (non-hydrogen) atoms. The minimum absolute atomic E-state index is 0.0613. The molecule has 0 unspecified atom stereocenters. The zero-order valence-electron chi connectivity index (χ0n) is 16.6. The summed E-state index contributed by atoms with van der Waals surface area (Å²) in [7, 11) is 0. The summed E-state index contributed by atoms with van der Waals surface area (Å²) in [4.78, 5) is 41.6. The van der Waals surface area contributed by atoms with Crippen molar-refractivity contribution in [2.45, 2.75) is 71.2 Å². The number of esters is 1. The molecule has 0 aromatic heterocycles. The van der Waals surface area contributed by atoms with Crippen molar-refractivity contribution in [1.82, 2.24) is 5.32 Å². The standard InChI is InChI=1S/C16H28N2O4.C2H2O4/c1-5-12(6-2)22-14-9-11(16(20)21-7-3)8-13(17)15(14)18-10(4)19;3-1(4)2(5)6/h9,12-15H,5-8,17H2,1-4H3,(H,18,19);(H,3,4)(H,5,6)/t13-,14+,15+;/m0./s1. The molecule has 10 nitrogen and oxygen atoms in total. The number of carboxylic acid groups (broad SMARTS) is 2. The molecular formula is C18H30N2O8. The lowest BCUT2D eigenvalue weighted by Crippen LogP contribution is -2.57. The molecule has 1 aliphatic rings. The molecule has 5 N–H and O–H groups in total. The normalized spacial score (nSPS) is 21.1. The third-order valence-corrected chi connectivity index (χ3v) is 3.99. The number of nitrogens with two attached hydrogens (primary N) is 1. The smallest absolute Gasteiger partial charge is 0.414 e. The van der Waals surface area contributed by atoms with Gasteiger partial charge in [-0.15, -0.1) is 0 Å². The van der Waals surface area contributed by atoms with Crippen LogP contribution in [-0.4, -0.2) is 64.9 Å². The van der Waals surface area contributed by atoms with E-state index in [0.29, 0.717) is 18.6 Å². The molecule has 10 heteroatoms. The molecular weight excluding hydrogens is 372 g/mol. The number of rotatable bonds is 7. The van der Waals surface area contributed by atoms with Crippen molar-refractivity contribution < 1.29 is 38.9 Å². The van der Waals surface area contributed by atoms with E-state index in [1.807, 2.05) is 13.8 Å². The highest BCUT2D eigenvalue weighted by atomic mass is 16.5. The van der Waals surface area contributed by atoms with Crippen LogP contribution in [0.25, 0.3) is 0 Å². The molecule has 0 bridgehead atoms. The van der Waals surface area contributed by atoms with E-state index in [1.54, 1.807) is 13.0 Å². The third-order valence-electron chi connectivity index (χ3n) is 3.99. The Morgan fingerprint density at radius 3 is 2.11 bits per heavy atom. The van der Waals surface area contributed by atoms with Crippen molar-refractivity contribution in [2.24, 2.45) is 5.73 Å². The summed E-state index contributed by atoms with van der Waals surface area (Å²) < 4.78 is 11.1. The van der Waals surface area contributed by atoms with Crippen molar-refractivity contribution in [3.05, 3.63) is 11.6 Å². The maximum absolute atomic E-state index is 12.0. The van der Waals surface area contributed by atoms with Gasteiger partial charge in [-0.3, -0.25) is 4.79 Å².